The van der Waals surface area contributed by atoms with Gasteiger partial charge in [-0.1, -0.05) is 6.92 Å². The lowest BCUT2D eigenvalue weighted by atomic mass is 10.1. The third-order valence-corrected chi connectivity index (χ3v) is 3.62. The molecule has 0 amide bonds. The Morgan fingerprint density at radius 2 is 2.10 bits per heavy atom. The van der Waals surface area contributed by atoms with Crippen LogP contribution in [0.4, 0.5) is 10.2 Å². The van der Waals surface area contributed by atoms with Crippen molar-refractivity contribution >= 4 is 5.82 Å². The summed E-state index contributed by atoms with van der Waals surface area (Å²) in [6.07, 6.45) is 3.99. The zero-order chi connectivity index (χ0) is 14.8. The molecule has 2 N–H and O–H groups in total. The van der Waals surface area contributed by atoms with Crippen molar-refractivity contribution in [3.8, 4) is 17.1 Å². The number of aryl methyl sites for hydroxylation is 1. The molecule has 0 bridgehead atoms. The number of benzene rings is 1. The average molecular weight is 287 g/mol. The second-order valence-electron chi connectivity index (χ2n) is 5.30. The van der Waals surface area contributed by atoms with Crippen LogP contribution in [0, 0.1) is 5.82 Å². The van der Waals surface area contributed by atoms with Crippen LogP contribution in [0.25, 0.3) is 11.4 Å². The molecule has 1 heterocycles. The number of rotatable bonds is 4. The molecule has 1 aromatic carbocycles. The van der Waals surface area contributed by atoms with E-state index in [0.717, 1.165) is 49.8 Å². The molecule has 21 heavy (non-hydrogen) atoms. The first-order valence-electron chi connectivity index (χ1n) is 7.31. The van der Waals surface area contributed by atoms with Crippen molar-refractivity contribution in [2.24, 2.45) is 0 Å². The predicted octanol–water partition coefficient (Wildman–Crippen LogP) is 3.30. The molecule has 0 saturated heterocycles. The van der Waals surface area contributed by atoms with Crippen molar-refractivity contribution in [1.29, 1.82) is 0 Å². The molecule has 0 aliphatic heterocycles. The summed E-state index contributed by atoms with van der Waals surface area (Å²) in [5.74, 6) is 0.705. The zero-order valence-corrected chi connectivity index (χ0v) is 12.0. The number of nitrogens with zero attached hydrogens (tertiary/aromatic N) is 2. The number of hydrogen-bond acceptors (Lipinski definition) is 4. The van der Waals surface area contributed by atoms with Crippen LogP contribution >= 0.6 is 0 Å². The van der Waals surface area contributed by atoms with Crippen LogP contribution in [0.3, 0.4) is 0 Å². The standard InChI is InChI=1S/C16H18FN3O/c1-2-6-18-16-13-4-3-5-14(13)19-15(20-16)10-7-11(17)9-12(21)8-10/h7-9,21H,2-6H2,1H3,(H,18,19,20). The maximum atomic E-state index is 13.5. The molecule has 1 aromatic heterocycles. The third kappa shape index (κ3) is 2.82. The van der Waals surface area contributed by atoms with E-state index in [-0.39, 0.29) is 5.75 Å². The van der Waals surface area contributed by atoms with Gasteiger partial charge in [-0.3, -0.25) is 0 Å². The Hall–Kier alpha value is -2.17. The number of fused-ring (bicyclic) bond motifs is 1. The summed E-state index contributed by atoms with van der Waals surface area (Å²) < 4.78 is 13.5. The molecule has 2 aromatic rings. The van der Waals surface area contributed by atoms with Gasteiger partial charge in [0.25, 0.3) is 0 Å². The molecule has 0 spiro atoms. The van der Waals surface area contributed by atoms with Gasteiger partial charge in [-0.15, -0.1) is 0 Å². The van der Waals surface area contributed by atoms with Crippen LogP contribution in [-0.4, -0.2) is 21.6 Å². The van der Waals surface area contributed by atoms with Gasteiger partial charge in [-0.25, -0.2) is 14.4 Å². The molecule has 1 aliphatic rings. The van der Waals surface area contributed by atoms with Crippen molar-refractivity contribution in [3.63, 3.8) is 0 Å². The maximum Gasteiger partial charge on any atom is 0.162 e. The van der Waals surface area contributed by atoms with Crippen molar-refractivity contribution in [2.75, 3.05) is 11.9 Å². The molecular formula is C16H18FN3O. The Balaban J connectivity index is 2.06. The van der Waals surface area contributed by atoms with Crippen LogP contribution in [0.1, 0.15) is 31.0 Å². The first-order valence-corrected chi connectivity index (χ1v) is 7.31. The van der Waals surface area contributed by atoms with Crippen LogP contribution in [0.2, 0.25) is 0 Å². The van der Waals surface area contributed by atoms with E-state index in [1.807, 2.05) is 0 Å². The number of hydrogen-bond donors (Lipinski definition) is 2. The van der Waals surface area contributed by atoms with Crippen LogP contribution in [0.15, 0.2) is 18.2 Å². The molecule has 0 fully saturated rings. The van der Waals surface area contributed by atoms with E-state index in [2.05, 4.69) is 22.2 Å². The Morgan fingerprint density at radius 1 is 1.24 bits per heavy atom. The fourth-order valence-electron chi connectivity index (χ4n) is 2.65. The van der Waals surface area contributed by atoms with Gasteiger partial charge >= 0.3 is 0 Å². The third-order valence-electron chi connectivity index (χ3n) is 3.62. The summed E-state index contributed by atoms with van der Waals surface area (Å²) in [5.41, 5.74) is 2.71. The monoisotopic (exact) mass is 287 g/mol. The van der Waals surface area contributed by atoms with E-state index in [4.69, 9.17) is 0 Å². The first kappa shape index (κ1) is 13.8. The summed E-state index contributed by atoms with van der Waals surface area (Å²) >= 11 is 0. The number of aromatic nitrogens is 2. The zero-order valence-electron chi connectivity index (χ0n) is 12.0. The van der Waals surface area contributed by atoms with Crippen molar-refractivity contribution in [1.82, 2.24) is 9.97 Å². The Kier molecular flexibility index (Phi) is 3.73. The molecule has 0 saturated carbocycles. The molecule has 4 nitrogen and oxygen atoms in total. The summed E-state index contributed by atoms with van der Waals surface area (Å²) in [4.78, 5) is 9.08. The van der Waals surface area contributed by atoms with Gasteiger partial charge < -0.3 is 10.4 Å². The van der Waals surface area contributed by atoms with E-state index in [1.165, 1.54) is 17.7 Å². The highest BCUT2D eigenvalue weighted by Gasteiger charge is 2.20. The fourth-order valence-corrected chi connectivity index (χ4v) is 2.65. The van der Waals surface area contributed by atoms with Gasteiger partial charge in [0.15, 0.2) is 5.82 Å². The minimum Gasteiger partial charge on any atom is -0.508 e. The van der Waals surface area contributed by atoms with Crippen LogP contribution in [-0.2, 0) is 12.8 Å². The van der Waals surface area contributed by atoms with E-state index in [1.54, 1.807) is 0 Å². The summed E-state index contributed by atoms with van der Waals surface area (Å²) in [6, 6.07) is 3.91. The van der Waals surface area contributed by atoms with Crippen molar-refractivity contribution < 1.29 is 9.50 Å². The van der Waals surface area contributed by atoms with Gasteiger partial charge in [0.2, 0.25) is 0 Å². The summed E-state index contributed by atoms with van der Waals surface area (Å²) in [6.45, 7) is 2.94. The molecule has 110 valence electrons. The predicted molar refractivity (Wildman–Crippen MR) is 79.9 cm³/mol. The average Bonchev–Trinajstić information content (AvgIpc) is 2.92. The Morgan fingerprint density at radius 3 is 2.86 bits per heavy atom. The lowest BCUT2D eigenvalue weighted by molar-refractivity contribution is 0.469. The topological polar surface area (TPSA) is 58.0 Å². The van der Waals surface area contributed by atoms with Gasteiger partial charge in [0.05, 0.1) is 0 Å². The van der Waals surface area contributed by atoms with Gasteiger partial charge in [0, 0.05) is 29.4 Å². The van der Waals surface area contributed by atoms with E-state index in [0.29, 0.717) is 11.4 Å². The van der Waals surface area contributed by atoms with E-state index < -0.39 is 5.82 Å². The largest absolute Gasteiger partial charge is 0.508 e. The Bertz CT molecular complexity index is 653. The van der Waals surface area contributed by atoms with E-state index >= 15 is 0 Å². The van der Waals surface area contributed by atoms with Gasteiger partial charge in [-0.2, -0.15) is 0 Å². The van der Waals surface area contributed by atoms with Crippen LogP contribution < -0.4 is 5.32 Å². The number of aromatic hydroxyl groups is 1. The minimum absolute atomic E-state index is 0.114. The van der Waals surface area contributed by atoms with Crippen LogP contribution in [0.5, 0.6) is 5.75 Å². The molecule has 0 unspecified atom stereocenters. The summed E-state index contributed by atoms with van der Waals surface area (Å²) in [5, 5.41) is 12.9. The SMILES string of the molecule is CCCNc1nc(-c2cc(O)cc(F)c2)nc2c1CCC2. The summed E-state index contributed by atoms with van der Waals surface area (Å²) in [7, 11) is 0. The highest BCUT2D eigenvalue weighted by Crippen LogP contribution is 2.30. The second-order valence-corrected chi connectivity index (χ2v) is 5.30. The van der Waals surface area contributed by atoms with Crippen molar-refractivity contribution in [2.45, 2.75) is 32.6 Å². The minimum atomic E-state index is -0.489. The van der Waals surface area contributed by atoms with Gasteiger partial charge in [0.1, 0.15) is 17.4 Å². The number of phenols is 1. The molecular weight excluding hydrogens is 269 g/mol. The number of nitrogens with one attached hydrogen (secondary N) is 1. The molecule has 1 aliphatic carbocycles. The van der Waals surface area contributed by atoms with Gasteiger partial charge in [-0.05, 0) is 37.8 Å². The Labute approximate surface area is 123 Å². The highest BCUT2D eigenvalue weighted by atomic mass is 19.1. The highest BCUT2D eigenvalue weighted by molar-refractivity contribution is 5.62. The second kappa shape index (κ2) is 5.68. The fraction of sp³-hybridized carbons (Fsp3) is 0.375. The molecule has 3 rings (SSSR count). The van der Waals surface area contributed by atoms with E-state index in [9.17, 15) is 9.50 Å². The van der Waals surface area contributed by atoms with Crippen molar-refractivity contribution in [3.05, 3.63) is 35.3 Å². The normalized spacial score (nSPS) is 13.2. The lowest BCUT2D eigenvalue weighted by Gasteiger charge is -2.12. The molecule has 0 atom stereocenters. The first-order chi connectivity index (χ1) is 10.2. The molecule has 0 radical (unpaired) electrons. The number of anilines is 1. The number of halogens is 1. The quantitative estimate of drug-likeness (QED) is 0.906. The smallest absolute Gasteiger partial charge is 0.162 e. The molecule has 5 heteroatoms. The lowest BCUT2D eigenvalue weighted by Crippen LogP contribution is -2.08. The maximum absolute atomic E-state index is 13.5. The number of phenolic OH excluding ortho intramolecular Hbond substituents is 1.